The van der Waals surface area contributed by atoms with Crippen molar-refractivity contribution in [3.8, 4) is 0 Å². The Balaban J connectivity index is 1.97. The molecule has 3 atom stereocenters. The van der Waals surface area contributed by atoms with Crippen LogP contribution >= 0.6 is 0 Å². The van der Waals surface area contributed by atoms with Crippen LogP contribution in [0.3, 0.4) is 0 Å². The van der Waals surface area contributed by atoms with Gasteiger partial charge in [-0.15, -0.1) is 0 Å². The van der Waals surface area contributed by atoms with E-state index in [2.05, 4.69) is 41.3 Å². The number of aliphatic imine (C=N–C) groups is 1. The van der Waals surface area contributed by atoms with Gasteiger partial charge in [0.05, 0.1) is 0 Å². The highest BCUT2D eigenvalue weighted by Crippen LogP contribution is 2.21. The highest BCUT2D eigenvalue weighted by Gasteiger charge is 2.23. The van der Waals surface area contributed by atoms with Gasteiger partial charge in [0.25, 0.3) is 5.91 Å². The van der Waals surface area contributed by atoms with Crippen molar-refractivity contribution in [1.82, 2.24) is 15.5 Å². The summed E-state index contributed by atoms with van der Waals surface area (Å²) >= 11 is 0. The first-order valence-corrected chi connectivity index (χ1v) is 9.78. The summed E-state index contributed by atoms with van der Waals surface area (Å²) in [5.74, 6) is 2.30. The van der Waals surface area contributed by atoms with Crippen molar-refractivity contribution in [2.75, 3.05) is 20.1 Å². The zero-order valence-electron chi connectivity index (χ0n) is 16.9. The van der Waals surface area contributed by atoms with E-state index in [1.165, 1.54) is 6.42 Å². The monoisotopic (exact) mass is 358 g/mol. The third kappa shape index (κ3) is 5.75. The maximum atomic E-state index is 12.3. The molecule has 5 heteroatoms. The third-order valence-corrected chi connectivity index (χ3v) is 5.01. The van der Waals surface area contributed by atoms with Crippen LogP contribution < -0.4 is 10.6 Å². The Bertz CT molecular complexity index is 618. The molecule has 1 aromatic rings. The predicted octanol–water partition coefficient (Wildman–Crippen LogP) is 3.27. The van der Waals surface area contributed by atoms with E-state index in [4.69, 9.17) is 0 Å². The number of hydrogen-bond donors (Lipinski definition) is 2. The van der Waals surface area contributed by atoms with Crippen molar-refractivity contribution in [1.29, 1.82) is 0 Å². The Hall–Kier alpha value is -2.04. The largest absolute Gasteiger partial charge is 0.352 e. The Morgan fingerprint density at radius 3 is 2.62 bits per heavy atom. The van der Waals surface area contributed by atoms with Crippen molar-refractivity contribution >= 4 is 11.9 Å². The molecular weight excluding hydrogens is 324 g/mol. The minimum Gasteiger partial charge on any atom is -0.352 e. The normalized spacial score (nSPS) is 22.0. The second kappa shape index (κ2) is 9.60. The molecule has 2 N–H and O–H groups in total. The first-order chi connectivity index (χ1) is 12.4. The van der Waals surface area contributed by atoms with Crippen LogP contribution in [0.4, 0.5) is 0 Å². The van der Waals surface area contributed by atoms with Crippen molar-refractivity contribution in [3.05, 3.63) is 35.4 Å². The maximum absolute atomic E-state index is 12.3. The van der Waals surface area contributed by atoms with Crippen LogP contribution in [0.25, 0.3) is 0 Å². The van der Waals surface area contributed by atoms with Gasteiger partial charge in [-0.25, -0.2) is 0 Å². The smallest absolute Gasteiger partial charge is 0.251 e. The highest BCUT2D eigenvalue weighted by atomic mass is 16.1. The molecule has 0 saturated carbocycles. The molecule has 0 aliphatic carbocycles. The second-order valence-corrected chi connectivity index (χ2v) is 7.73. The summed E-state index contributed by atoms with van der Waals surface area (Å²) in [7, 11) is 1.84. The van der Waals surface area contributed by atoms with E-state index in [0.717, 1.165) is 31.0 Å². The number of amides is 1. The molecule has 1 aliphatic rings. The Kier molecular flexibility index (Phi) is 7.49. The van der Waals surface area contributed by atoms with Crippen LogP contribution in [-0.4, -0.2) is 42.9 Å². The number of piperidine rings is 1. The van der Waals surface area contributed by atoms with Crippen LogP contribution in [0.15, 0.2) is 29.3 Å². The quantitative estimate of drug-likeness (QED) is 0.627. The van der Waals surface area contributed by atoms with E-state index in [1.807, 2.05) is 38.2 Å². The lowest BCUT2D eigenvalue weighted by Gasteiger charge is -2.37. The number of guanidine groups is 1. The SMILES string of the molecule is CCC(C)NC(=O)c1cccc(CNC(=NC)N2CC(C)CC(C)C2)c1. The van der Waals surface area contributed by atoms with E-state index in [1.54, 1.807) is 0 Å². The van der Waals surface area contributed by atoms with Gasteiger partial charge in [-0.05, 0) is 49.3 Å². The summed E-state index contributed by atoms with van der Waals surface area (Å²) in [6.45, 7) is 11.4. The standard InChI is InChI=1S/C21H34N4O/c1-6-17(4)24-20(26)19-9-7-8-18(11-19)12-23-21(22-5)25-13-15(2)10-16(3)14-25/h7-9,11,15-17H,6,10,12-14H2,1-5H3,(H,22,23)(H,24,26). The molecule has 1 aromatic carbocycles. The fourth-order valence-electron chi connectivity index (χ4n) is 3.58. The van der Waals surface area contributed by atoms with Gasteiger partial charge < -0.3 is 15.5 Å². The van der Waals surface area contributed by atoms with Crippen LogP contribution in [0.2, 0.25) is 0 Å². The van der Waals surface area contributed by atoms with Crippen LogP contribution in [0.5, 0.6) is 0 Å². The Morgan fingerprint density at radius 1 is 1.31 bits per heavy atom. The minimum absolute atomic E-state index is 0.00994. The molecule has 3 unspecified atom stereocenters. The molecule has 1 heterocycles. The first-order valence-electron chi connectivity index (χ1n) is 9.78. The fourth-order valence-corrected chi connectivity index (χ4v) is 3.58. The summed E-state index contributed by atoms with van der Waals surface area (Å²) in [4.78, 5) is 19.1. The molecule has 1 fully saturated rings. The van der Waals surface area contributed by atoms with Crippen LogP contribution in [0, 0.1) is 11.8 Å². The first kappa shape index (κ1) is 20.3. The van der Waals surface area contributed by atoms with Gasteiger partial charge in [0.15, 0.2) is 5.96 Å². The summed E-state index contributed by atoms with van der Waals surface area (Å²) < 4.78 is 0. The molecule has 0 radical (unpaired) electrons. The van der Waals surface area contributed by atoms with Crippen molar-refractivity contribution in [2.45, 2.75) is 53.1 Å². The number of hydrogen-bond acceptors (Lipinski definition) is 2. The average Bonchev–Trinajstić information content (AvgIpc) is 2.61. The third-order valence-electron chi connectivity index (χ3n) is 5.01. The fraction of sp³-hybridized carbons (Fsp3) is 0.619. The van der Waals surface area contributed by atoms with Gasteiger partial charge in [-0.3, -0.25) is 9.79 Å². The summed E-state index contributed by atoms with van der Waals surface area (Å²) in [6, 6.07) is 7.99. The number of carbonyl (C=O) groups excluding carboxylic acids is 1. The van der Waals surface area contributed by atoms with Crippen LogP contribution in [-0.2, 0) is 6.54 Å². The van der Waals surface area contributed by atoms with Gasteiger partial charge in [0.1, 0.15) is 0 Å². The van der Waals surface area contributed by atoms with Gasteiger partial charge in [-0.2, -0.15) is 0 Å². The number of rotatable bonds is 5. The van der Waals surface area contributed by atoms with E-state index in [0.29, 0.717) is 23.9 Å². The lowest BCUT2D eigenvalue weighted by Crippen LogP contribution is -2.48. The molecule has 5 nitrogen and oxygen atoms in total. The highest BCUT2D eigenvalue weighted by molar-refractivity contribution is 5.94. The average molecular weight is 359 g/mol. The van der Waals surface area contributed by atoms with E-state index in [-0.39, 0.29) is 11.9 Å². The summed E-state index contributed by atoms with van der Waals surface area (Å²) in [5.41, 5.74) is 1.79. The van der Waals surface area contributed by atoms with E-state index >= 15 is 0 Å². The van der Waals surface area contributed by atoms with Gasteiger partial charge in [0, 0.05) is 38.3 Å². The Labute approximate surface area is 158 Å². The Morgan fingerprint density at radius 2 is 2.00 bits per heavy atom. The lowest BCUT2D eigenvalue weighted by molar-refractivity contribution is 0.0939. The summed E-state index contributed by atoms with van der Waals surface area (Å²) in [6.07, 6.45) is 2.21. The molecule has 0 spiro atoms. The van der Waals surface area contributed by atoms with Gasteiger partial charge in [0.2, 0.25) is 0 Å². The minimum atomic E-state index is -0.00994. The number of nitrogens with zero attached hydrogens (tertiary/aromatic N) is 2. The maximum Gasteiger partial charge on any atom is 0.251 e. The molecular formula is C21H34N4O. The number of nitrogens with one attached hydrogen (secondary N) is 2. The molecule has 1 aliphatic heterocycles. The van der Waals surface area contributed by atoms with Crippen molar-refractivity contribution in [2.24, 2.45) is 16.8 Å². The molecule has 0 aromatic heterocycles. The molecule has 0 bridgehead atoms. The molecule has 2 rings (SSSR count). The molecule has 144 valence electrons. The molecule has 1 amide bonds. The molecule has 26 heavy (non-hydrogen) atoms. The second-order valence-electron chi connectivity index (χ2n) is 7.73. The molecule has 1 saturated heterocycles. The van der Waals surface area contributed by atoms with E-state index in [9.17, 15) is 4.79 Å². The number of carbonyl (C=O) groups is 1. The van der Waals surface area contributed by atoms with Crippen molar-refractivity contribution in [3.63, 3.8) is 0 Å². The number of likely N-dealkylation sites (tertiary alicyclic amines) is 1. The summed E-state index contributed by atoms with van der Waals surface area (Å²) in [5, 5.41) is 6.48. The van der Waals surface area contributed by atoms with Crippen molar-refractivity contribution < 1.29 is 4.79 Å². The zero-order chi connectivity index (χ0) is 19.1. The lowest BCUT2D eigenvalue weighted by atomic mass is 9.92. The predicted molar refractivity (Wildman–Crippen MR) is 108 cm³/mol. The topological polar surface area (TPSA) is 56.7 Å². The van der Waals surface area contributed by atoms with Gasteiger partial charge in [-0.1, -0.05) is 32.9 Å². The van der Waals surface area contributed by atoms with Gasteiger partial charge >= 0.3 is 0 Å². The zero-order valence-corrected chi connectivity index (χ0v) is 16.9. The van der Waals surface area contributed by atoms with E-state index < -0.39 is 0 Å². The number of benzene rings is 1. The van der Waals surface area contributed by atoms with Crippen LogP contribution in [0.1, 0.15) is 56.5 Å².